The zero-order valence-corrected chi connectivity index (χ0v) is 29.0. The van der Waals surface area contributed by atoms with Crippen LogP contribution in [0.5, 0.6) is 5.75 Å². The van der Waals surface area contributed by atoms with Gasteiger partial charge in [-0.15, -0.1) is 0 Å². The van der Waals surface area contributed by atoms with Crippen molar-refractivity contribution in [3.05, 3.63) is 94.7 Å². The fourth-order valence-electron chi connectivity index (χ4n) is 5.73. The van der Waals surface area contributed by atoms with Gasteiger partial charge in [0.1, 0.15) is 11.4 Å². The van der Waals surface area contributed by atoms with Gasteiger partial charge in [-0.1, -0.05) is 64.1 Å². The van der Waals surface area contributed by atoms with Gasteiger partial charge in [0.15, 0.2) is 0 Å². The molecule has 0 saturated carbocycles. The smallest absolute Gasteiger partial charge is 0.410 e. The average molecular weight is 630 g/mol. The molecular formula is C39H52FN3O3. The number of rotatable bonds is 8. The molecule has 1 aliphatic rings. The summed E-state index contributed by atoms with van der Waals surface area (Å²) in [4.78, 5) is 14.3. The number of carbonyl (C=O) groups excluding carboxylic acids is 1. The van der Waals surface area contributed by atoms with Gasteiger partial charge in [0.2, 0.25) is 0 Å². The molecule has 0 atom stereocenters. The lowest BCUT2D eigenvalue weighted by atomic mass is 9.86. The largest absolute Gasteiger partial charge is 0.508 e. The minimum absolute atomic E-state index is 0.265. The van der Waals surface area contributed by atoms with Crippen molar-refractivity contribution >= 4 is 28.1 Å². The van der Waals surface area contributed by atoms with E-state index in [4.69, 9.17) is 9.84 Å². The van der Waals surface area contributed by atoms with E-state index in [0.29, 0.717) is 19.6 Å². The lowest BCUT2D eigenvalue weighted by Crippen LogP contribution is -2.39. The number of benzene rings is 3. The number of alkyl halides is 1. The zero-order valence-electron chi connectivity index (χ0n) is 29.0. The number of fused-ring (bicyclic) bond motifs is 2. The van der Waals surface area contributed by atoms with Crippen LogP contribution in [0.15, 0.2) is 66.9 Å². The van der Waals surface area contributed by atoms with Crippen LogP contribution in [-0.4, -0.2) is 51.2 Å². The third kappa shape index (κ3) is 9.21. The molecule has 1 heterocycles. The molecule has 0 spiro atoms. The summed E-state index contributed by atoms with van der Waals surface area (Å²) >= 11 is 0. The molecule has 5 rings (SSSR count). The van der Waals surface area contributed by atoms with Crippen molar-refractivity contribution in [3.8, 4) is 5.75 Å². The predicted octanol–water partition coefficient (Wildman–Crippen LogP) is 9.99. The molecule has 46 heavy (non-hydrogen) atoms. The highest BCUT2D eigenvalue weighted by atomic mass is 19.1. The number of phenols is 1. The number of phenolic OH excluding ortho intramolecular Hbond substituents is 1. The Morgan fingerprint density at radius 1 is 0.978 bits per heavy atom. The third-order valence-corrected chi connectivity index (χ3v) is 7.66. The highest BCUT2D eigenvalue weighted by Gasteiger charge is 2.23. The third-order valence-electron chi connectivity index (χ3n) is 7.66. The summed E-state index contributed by atoms with van der Waals surface area (Å²) in [6, 6.07) is 20.6. The van der Waals surface area contributed by atoms with E-state index in [1.54, 1.807) is 11.0 Å². The van der Waals surface area contributed by atoms with Crippen LogP contribution >= 0.6 is 0 Å². The molecule has 1 aliphatic carbocycles. The van der Waals surface area contributed by atoms with E-state index in [1.165, 1.54) is 22.3 Å². The van der Waals surface area contributed by atoms with Gasteiger partial charge >= 0.3 is 6.09 Å². The Morgan fingerprint density at radius 3 is 2.41 bits per heavy atom. The number of halogens is 1. The molecule has 7 heteroatoms. The zero-order chi connectivity index (χ0) is 33.9. The van der Waals surface area contributed by atoms with Crippen molar-refractivity contribution in [2.24, 2.45) is 0 Å². The van der Waals surface area contributed by atoms with Crippen molar-refractivity contribution in [2.45, 2.75) is 93.2 Å². The Bertz CT molecular complexity index is 1620. The lowest BCUT2D eigenvalue weighted by molar-refractivity contribution is 0.0237. The van der Waals surface area contributed by atoms with Crippen molar-refractivity contribution in [1.29, 1.82) is 0 Å². The first-order valence-corrected chi connectivity index (χ1v) is 16.8. The van der Waals surface area contributed by atoms with Crippen molar-refractivity contribution in [3.63, 3.8) is 0 Å². The number of allylic oxidation sites excluding steroid dienone is 1. The molecule has 1 amide bonds. The summed E-state index contributed by atoms with van der Waals surface area (Å²) in [7, 11) is 0. The SMILES string of the molecule is CC.CC.Cc1ccccc1C1=C(c2ccc3nn(CCN(CCCF)C(=O)OC(C)(C)C)cc3c2)c2ccc(O)cc2CCC1. The van der Waals surface area contributed by atoms with Crippen molar-refractivity contribution in [2.75, 3.05) is 19.8 Å². The van der Waals surface area contributed by atoms with Gasteiger partial charge in [0.25, 0.3) is 0 Å². The second kappa shape index (κ2) is 17.0. The number of carbonyl (C=O) groups is 1. The topological polar surface area (TPSA) is 67.6 Å². The van der Waals surface area contributed by atoms with Crippen LogP contribution in [0.25, 0.3) is 22.0 Å². The first-order valence-electron chi connectivity index (χ1n) is 16.8. The number of ether oxygens (including phenoxy) is 1. The summed E-state index contributed by atoms with van der Waals surface area (Å²) in [5, 5.41) is 16.0. The summed E-state index contributed by atoms with van der Waals surface area (Å²) in [5.74, 6) is 0.288. The molecule has 0 aliphatic heterocycles. The van der Waals surface area contributed by atoms with E-state index in [9.17, 15) is 14.3 Å². The second-order valence-electron chi connectivity index (χ2n) is 12.0. The maximum Gasteiger partial charge on any atom is 0.410 e. The molecule has 0 unspecified atom stereocenters. The molecule has 4 aromatic rings. The van der Waals surface area contributed by atoms with Crippen LogP contribution in [-0.2, 0) is 17.7 Å². The number of hydrogen-bond acceptors (Lipinski definition) is 4. The van der Waals surface area contributed by atoms with E-state index in [0.717, 1.165) is 46.9 Å². The van der Waals surface area contributed by atoms with Gasteiger partial charge in [0.05, 0.1) is 18.7 Å². The van der Waals surface area contributed by atoms with Gasteiger partial charge in [-0.25, -0.2) is 4.79 Å². The summed E-state index contributed by atoms with van der Waals surface area (Å²) < 4.78 is 20.3. The minimum Gasteiger partial charge on any atom is -0.508 e. The van der Waals surface area contributed by atoms with Gasteiger partial charge in [-0.05, 0) is 117 Å². The Morgan fingerprint density at radius 2 is 1.72 bits per heavy atom. The maximum atomic E-state index is 12.9. The summed E-state index contributed by atoms with van der Waals surface area (Å²) in [5.41, 5.74) is 8.64. The number of amides is 1. The van der Waals surface area contributed by atoms with Crippen LogP contribution in [0.4, 0.5) is 9.18 Å². The number of nitrogens with zero attached hydrogens (tertiary/aromatic N) is 3. The standard InChI is InChI=1S/C35H40FN3O3.2C2H6/c1-24-9-5-6-11-29(24)31-12-7-10-25-22-28(40)14-15-30(25)33(31)26-13-16-32-27(21-26)23-39(37-32)20-19-38(18-8-17-36)34(41)42-35(2,3)4;2*1-2/h5-6,9,11,13-16,21-23,40H,7-8,10,12,17-20H2,1-4H3;2*1-2H3. The normalized spacial score (nSPS) is 12.7. The predicted molar refractivity (Wildman–Crippen MR) is 189 cm³/mol. The number of aryl methyl sites for hydroxylation is 2. The maximum absolute atomic E-state index is 12.9. The molecule has 3 aromatic carbocycles. The summed E-state index contributed by atoms with van der Waals surface area (Å²) in [6.45, 7) is 16.3. The minimum atomic E-state index is -0.622. The fraction of sp³-hybridized carbons (Fsp3) is 0.436. The quantitative estimate of drug-likeness (QED) is 0.211. The van der Waals surface area contributed by atoms with Crippen molar-refractivity contribution < 1.29 is 19.0 Å². The molecule has 0 fully saturated rings. The monoisotopic (exact) mass is 629 g/mol. The number of aromatic hydroxyl groups is 1. The molecule has 0 radical (unpaired) electrons. The second-order valence-corrected chi connectivity index (χ2v) is 12.0. The molecule has 248 valence electrons. The molecule has 6 nitrogen and oxygen atoms in total. The van der Waals surface area contributed by atoms with Gasteiger partial charge in [-0.3, -0.25) is 9.07 Å². The fourth-order valence-corrected chi connectivity index (χ4v) is 5.73. The van der Waals surface area contributed by atoms with Gasteiger partial charge < -0.3 is 14.7 Å². The van der Waals surface area contributed by atoms with E-state index in [2.05, 4.69) is 43.3 Å². The van der Waals surface area contributed by atoms with Gasteiger partial charge in [0, 0.05) is 24.7 Å². The average Bonchev–Trinajstić information content (AvgIpc) is 3.35. The molecule has 0 saturated heterocycles. The molecule has 1 aromatic heterocycles. The first kappa shape index (κ1) is 36.3. The Kier molecular flexibility index (Phi) is 13.4. The Hall–Kier alpha value is -4.13. The van der Waals surface area contributed by atoms with Crippen LogP contribution in [0.3, 0.4) is 0 Å². The number of aromatic nitrogens is 2. The highest BCUT2D eigenvalue weighted by Crippen LogP contribution is 2.42. The van der Waals surface area contributed by atoms with Gasteiger partial charge in [-0.2, -0.15) is 5.10 Å². The molecule has 0 bridgehead atoms. The van der Waals surface area contributed by atoms with E-state index < -0.39 is 18.4 Å². The Balaban J connectivity index is 0.00000139. The van der Waals surface area contributed by atoms with Crippen LogP contribution in [0.2, 0.25) is 0 Å². The van der Waals surface area contributed by atoms with Crippen LogP contribution < -0.4 is 0 Å². The van der Waals surface area contributed by atoms with E-state index in [-0.39, 0.29) is 12.2 Å². The van der Waals surface area contributed by atoms with Crippen LogP contribution in [0.1, 0.15) is 95.5 Å². The van der Waals surface area contributed by atoms with Crippen LogP contribution in [0, 0.1) is 6.92 Å². The number of hydrogen-bond donors (Lipinski definition) is 1. The van der Waals surface area contributed by atoms with E-state index >= 15 is 0 Å². The molecular weight excluding hydrogens is 577 g/mol. The first-order chi connectivity index (χ1) is 22.1. The lowest BCUT2D eigenvalue weighted by Gasteiger charge is -2.27. The highest BCUT2D eigenvalue weighted by molar-refractivity contribution is 6.02. The molecule has 1 N–H and O–H groups in total. The Labute approximate surface area is 274 Å². The van der Waals surface area contributed by atoms with Crippen molar-refractivity contribution in [1.82, 2.24) is 14.7 Å². The van der Waals surface area contributed by atoms with E-state index in [1.807, 2.05) is 77.5 Å². The summed E-state index contributed by atoms with van der Waals surface area (Å²) in [6.07, 6.45) is 4.67.